The number of nitro benzene ring substituents is 1. The first-order valence-corrected chi connectivity index (χ1v) is 13.7. The maximum Gasteiger partial charge on any atom is 0.345 e. The minimum absolute atomic E-state index is 0.0784. The smallest absolute Gasteiger partial charge is 0.345 e. The molecule has 42 heavy (non-hydrogen) atoms. The van der Waals surface area contributed by atoms with Crippen molar-refractivity contribution in [2.24, 2.45) is 11.0 Å². The van der Waals surface area contributed by atoms with Gasteiger partial charge in [0.2, 0.25) is 0 Å². The zero-order valence-corrected chi connectivity index (χ0v) is 23.7. The normalized spacial score (nSPS) is 18.7. The number of hydrazone groups is 1. The summed E-state index contributed by atoms with van der Waals surface area (Å²) in [6.45, 7) is -0.657. The number of nitro groups is 1. The van der Waals surface area contributed by atoms with Crippen LogP contribution in [-0.2, 0) is 9.53 Å². The van der Waals surface area contributed by atoms with Crippen molar-refractivity contribution >= 4 is 41.0 Å². The first-order valence-electron chi connectivity index (χ1n) is 13.3. The number of carbonyl (C=O) groups excluding carboxylic acids is 2. The molecule has 2 unspecified atom stereocenters. The molecule has 3 aromatic rings. The van der Waals surface area contributed by atoms with Gasteiger partial charge in [-0.3, -0.25) is 14.9 Å². The number of rotatable bonds is 8. The van der Waals surface area contributed by atoms with Crippen LogP contribution in [0.15, 0.2) is 77.4 Å². The van der Waals surface area contributed by atoms with Crippen LogP contribution in [0.2, 0.25) is 5.02 Å². The van der Waals surface area contributed by atoms with Crippen LogP contribution in [0.25, 0.3) is 6.08 Å². The van der Waals surface area contributed by atoms with Crippen molar-refractivity contribution in [3.63, 3.8) is 0 Å². The highest BCUT2D eigenvalue weighted by Crippen LogP contribution is 2.44. The molecule has 1 amide bonds. The average molecular weight is 590 g/mol. The molecule has 0 aromatic heterocycles. The van der Waals surface area contributed by atoms with E-state index in [9.17, 15) is 19.7 Å². The summed E-state index contributed by atoms with van der Waals surface area (Å²) in [6, 6.07) is 18.3. The minimum atomic E-state index is -1.03. The van der Waals surface area contributed by atoms with Crippen LogP contribution in [0.5, 0.6) is 11.5 Å². The van der Waals surface area contributed by atoms with Crippen molar-refractivity contribution in [1.29, 1.82) is 0 Å². The van der Waals surface area contributed by atoms with Gasteiger partial charge in [-0.05, 0) is 78.4 Å². The Morgan fingerprint density at radius 3 is 2.36 bits per heavy atom. The highest BCUT2D eigenvalue weighted by atomic mass is 35.5. The second-order valence-corrected chi connectivity index (χ2v) is 10.3. The van der Waals surface area contributed by atoms with Crippen LogP contribution < -0.4 is 9.47 Å². The van der Waals surface area contributed by atoms with Crippen LogP contribution in [-0.4, -0.2) is 48.3 Å². The molecule has 0 radical (unpaired) electrons. The fourth-order valence-electron chi connectivity index (χ4n) is 5.34. The van der Waals surface area contributed by atoms with E-state index in [4.69, 9.17) is 30.9 Å². The van der Waals surface area contributed by atoms with Crippen LogP contribution in [0.4, 0.5) is 5.69 Å². The van der Waals surface area contributed by atoms with E-state index in [2.05, 4.69) is 6.08 Å². The minimum Gasteiger partial charge on any atom is -0.497 e. The molecule has 1 aliphatic carbocycles. The van der Waals surface area contributed by atoms with Crippen molar-refractivity contribution < 1.29 is 28.7 Å². The predicted octanol–water partition coefficient (Wildman–Crippen LogP) is 6.25. The van der Waals surface area contributed by atoms with Gasteiger partial charge in [-0.1, -0.05) is 35.9 Å². The number of hydrogen-bond acceptors (Lipinski definition) is 8. The molecule has 5 rings (SSSR count). The molecular weight excluding hydrogens is 562 g/mol. The molecule has 10 nitrogen and oxygen atoms in total. The average Bonchev–Trinajstić information content (AvgIpc) is 3.40. The van der Waals surface area contributed by atoms with Gasteiger partial charge in [0.1, 0.15) is 17.1 Å². The van der Waals surface area contributed by atoms with Gasteiger partial charge in [-0.25, -0.2) is 9.80 Å². The summed E-state index contributed by atoms with van der Waals surface area (Å²) in [5.41, 5.74) is 2.87. The summed E-state index contributed by atoms with van der Waals surface area (Å²) in [6.07, 6.45) is 4.59. The number of ether oxygens (including phenoxy) is 3. The number of amides is 1. The summed E-state index contributed by atoms with van der Waals surface area (Å²) >= 11 is 5.95. The highest BCUT2D eigenvalue weighted by molar-refractivity contribution is 6.31. The molecule has 3 aromatic carbocycles. The standard InChI is InChI=1S/C31H28ClN3O7/c1-40-23-11-6-19(7-12-23)16-21-4-3-5-25-29(21)33-34(30(25)20-8-13-24(41-2)14-9-20)28(36)18-42-31(37)26-17-22(32)10-15-27(26)35(38)39/h6-17,25,30H,3-5,18H2,1-2H3. The molecule has 1 saturated carbocycles. The molecular formula is C31H28ClN3O7. The van der Waals surface area contributed by atoms with Crippen LogP contribution in [0.3, 0.4) is 0 Å². The topological polar surface area (TPSA) is 121 Å². The Kier molecular flexibility index (Phi) is 8.53. The zero-order valence-electron chi connectivity index (χ0n) is 23.0. The van der Waals surface area contributed by atoms with Gasteiger partial charge < -0.3 is 14.2 Å². The first kappa shape index (κ1) is 28.8. The lowest BCUT2D eigenvalue weighted by molar-refractivity contribution is -0.385. The van der Waals surface area contributed by atoms with Crippen LogP contribution in [0.1, 0.15) is 46.8 Å². The Bertz CT molecular complexity index is 1570. The van der Waals surface area contributed by atoms with Crippen molar-refractivity contribution in [1.82, 2.24) is 5.01 Å². The fourth-order valence-corrected chi connectivity index (χ4v) is 5.52. The van der Waals surface area contributed by atoms with Gasteiger partial charge in [-0.2, -0.15) is 5.10 Å². The zero-order chi connectivity index (χ0) is 29.8. The Labute approximate surface area is 247 Å². The summed E-state index contributed by atoms with van der Waals surface area (Å²) in [5, 5.41) is 17.7. The first-order chi connectivity index (χ1) is 20.3. The maximum atomic E-state index is 13.6. The lowest BCUT2D eigenvalue weighted by Gasteiger charge is -2.29. The fraction of sp³-hybridized carbons (Fsp3) is 0.258. The highest BCUT2D eigenvalue weighted by Gasteiger charge is 2.44. The van der Waals surface area contributed by atoms with E-state index in [1.54, 1.807) is 14.2 Å². The van der Waals surface area contributed by atoms with E-state index in [-0.39, 0.29) is 16.5 Å². The molecule has 11 heteroatoms. The van der Waals surface area contributed by atoms with Gasteiger partial charge in [0, 0.05) is 17.0 Å². The molecule has 0 bridgehead atoms. The third-order valence-electron chi connectivity index (χ3n) is 7.37. The molecule has 1 heterocycles. The molecule has 1 fully saturated rings. The number of methoxy groups -OCH3 is 2. The summed E-state index contributed by atoms with van der Waals surface area (Å²) < 4.78 is 15.8. The number of halogens is 1. The largest absolute Gasteiger partial charge is 0.497 e. The summed E-state index contributed by atoms with van der Waals surface area (Å²) in [4.78, 5) is 37.1. The maximum absolute atomic E-state index is 13.6. The van der Waals surface area contributed by atoms with E-state index in [0.29, 0.717) is 5.75 Å². The van der Waals surface area contributed by atoms with Gasteiger partial charge in [0.15, 0.2) is 6.61 Å². The molecule has 1 aliphatic heterocycles. The number of allylic oxidation sites excluding steroid dienone is 1. The molecule has 0 N–H and O–H groups in total. The second-order valence-electron chi connectivity index (χ2n) is 9.88. The predicted molar refractivity (Wildman–Crippen MR) is 157 cm³/mol. The van der Waals surface area contributed by atoms with Crippen molar-refractivity contribution in [2.75, 3.05) is 20.8 Å². The summed E-state index contributed by atoms with van der Waals surface area (Å²) in [7, 11) is 3.20. The van der Waals surface area contributed by atoms with E-state index >= 15 is 0 Å². The number of hydrogen-bond donors (Lipinski definition) is 0. The van der Waals surface area contributed by atoms with Gasteiger partial charge in [0.05, 0.1) is 30.9 Å². The van der Waals surface area contributed by atoms with Crippen molar-refractivity contribution in [2.45, 2.75) is 25.3 Å². The van der Waals surface area contributed by atoms with Crippen molar-refractivity contribution in [3.8, 4) is 11.5 Å². The molecule has 0 saturated heterocycles. The molecule has 2 aliphatic rings. The lowest BCUT2D eigenvalue weighted by Crippen LogP contribution is -2.34. The van der Waals surface area contributed by atoms with Gasteiger partial charge in [0.25, 0.3) is 11.6 Å². The number of fused-ring (bicyclic) bond motifs is 1. The Hall–Kier alpha value is -4.70. The Balaban J connectivity index is 1.44. The van der Waals surface area contributed by atoms with E-state index in [1.807, 2.05) is 48.5 Å². The number of esters is 1. The van der Waals surface area contributed by atoms with Gasteiger partial charge >= 0.3 is 5.97 Å². The second kappa shape index (κ2) is 12.4. The van der Waals surface area contributed by atoms with E-state index in [1.165, 1.54) is 11.1 Å². The molecule has 216 valence electrons. The lowest BCUT2D eigenvalue weighted by atomic mass is 9.77. The Morgan fingerprint density at radius 1 is 1.05 bits per heavy atom. The third kappa shape index (κ3) is 5.99. The summed E-state index contributed by atoms with van der Waals surface area (Å²) in [5.74, 6) is -0.227. The Morgan fingerprint density at radius 2 is 1.71 bits per heavy atom. The molecule has 2 atom stereocenters. The monoisotopic (exact) mass is 589 g/mol. The molecule has 0 spiro atoms. The van der Waals surface area contributed by atoms with E-state index in [0.717, 1.165) is 59.6 Å². The van der Waals surface area contributed by atoms with Crippen molar-refractivity contribution in [3.05, 3.63) is 104 Å². The number of nitrogens with zero attached hydrogens (tertiary/aromatic N) is 3. The van der Waals surface area contributed by atoms with Crippen LogP contribution >= 0.6 is 11.6 Å². The number of benzene rings is 3. The van der Waals surface area contributed by atoms with E-state index < -0.39 is 35.1 Å². The SMILES string of the molecule is COc1ccc(C=C2CCCC3C2=NN(C(=O)COC(=O)c2cc(Cl)ccc2[N+](=O)[O-])C3c2ccc(OC)cc2)cc1. The van der Waals surface area contributed by atoms with Crippen LogP contribution in [0, 0.1) is 16.0 Å². The quantitative estimate of drug-likeness (QED) is 0.173. The third-order valence-corrected chi connectivity index (χ3v) is 7.61. The number of carbonyl (C=O) groups is 2. The van der Waals surface area contributed by atoms with Gasteiger partial charge in [-0.15, -0.1) is 0 Å².